The van der Waals surface area contributed by atoms with Crippen molar-refractivity contribution in [2.45, 2.75) is 12.8 Å². The van der Waals surface area contributed by atoms with Gasteiger partial charge in [0.2, 0.25) is 0 Å². The molecule has 0 atom stereocenters. The van der Waals surface area contributed by atoms with Crippen LogP contribution >= 0.6 is 0 Å². The number of rotatable bonds is 3. The van der Waals surface area contributed by atoms with Crippen molar-refractivity contribution in [3.63, 3.8) is 0 Å². The first-order valence-corrected chi connectivity index (χ1v) is 9.71. The molecule has 0 aliphatic carbocycles. The van der Waals surface area contributed by atoms with Crippen LogP contribution in [0.4, 0.5) is 5.69 Å². The highest BCUT2D eigenvalue weighted by Crippen LogP contribution is 2.20. The van der Waals surface area contributed by atoms with E-state index in [1.807, 2.05) is 12.1 Å². The molecule has 2 fully saturated rings. The zero-order valence-electron chi connectivity index (χ0n) is 15.8. The molecule has 2 aliphatic rings. The summed E-state index contributed by atoms with van der Waals surface area (Å²) in [7, 11) is 0. The Balaban J connectivity index is 1.40. The lowest BCUT2D eigenvalue weighted by molar-refractivity contribution is 0.0739. The van der Waals surface area contributed by atoms with E-state index >= 15 is 0 Å². The minimum Gasteiger partial charge on any atom is -0.508 e. The highest BCUT2D eigenvalue weighted by Gasteiger charge is 2.25. The number of carbonyl (C=O) groups excluding carboxylic acids is 2. The highest BCUT2D eigenvalue weighted by atomic mass is 16.3. The summed E-state index contributed by atoms with van der Waals surface area (Å²) in [6.07, 6.45) is 2.05. The van der Waals surface area contributed by atoms with Crippen molar-refractivity contribution < 1.29 is 14.7 Å². The molecule has 2 saturated heterocycles. The van der Waals surface area contributed by atoms with Crippen molar-refractivity contribution in [1.29, 1.82) is 0 Å². The van der Waals surface area contributed by atoms with Gasteiger partial charge in [0.25, 0.3) is 11.8 Å². The van der Waals surface area contributed by atoms with Gasteiger partial charge in [0.05, 0.1) is 0 Å². The van der Waals surface area contributed by atoms with Gasteiger partial charge in [0.15, 0.2) is 0 Å². The predicted molar refractivity (Wildman–Crippen MR) is 106 cm³/mol. The van der Waals surface area contributed by atoms with E-state index in [1.54, 1.807) is 40.1 Å². The lowest BCUT2D eigenvalue weighted by Gasteiger charge is -2.36. The molecule has 1 N–H and O–H groups in total. The largest absolute Gasteiger partial charge is 0.508 e. The summed E-state index contributed by atoms with van der Waals surface area (Å²) >= 11 is 0. The number of aromatic hydroxyl groups is 1. The Labute approximate surface area is 164 Å². The summed E-state index contributed by atoms with van der Waals surface area (Å²) in [5.74, 6) is 0.0118. The summed E-state index contributed by atoms with van der Waals surface area (Å²) in [6.45, 7) is 4.12. The quantitative estimate of drug-likeness (QED) is 0.881. The molecule has 1 aromatic heterocycles. The molecule has 0 bridgehead atoms. The number of nitrogens with zero attached hydrogens (tertiary/aromatic N) is 4. The van der Waals surface area contributed by atoms with E-state index in [9.17, 15) is 14.7 Å². The van der Waals surface area contributed by atoms with Crippen LogP contribution in [0.2, 0.25) is 0 Å². The fourth-order valence-corrected chi connectivity index (χ4v) is 3.75. The van der Waals surface area contributed by atoms with Crippen molar-refractivity contribution in [1.82, 2.24) is 14.8 Å². The molecule has 2 aromatic rings. The number of benzene rings is 1. The van der Waals surface area contributed by atoms with Crippen LogP contribution in [-0.2, 0) is 0 Å². The molecule has 2 amide bonds. The van der Waals surface area contributed by atoms with Gasteiger partial charge in [-0.3, -0.25) is 9.59 Å². The first-order chi connectivity index (χ1) is 13.6. The number of amides is 2. The zero-order valence-corrected chi connectivity index (χ0v) is 15.8. The Morgan fingerprint density at radius 2 is 1.29 bits per heavy atom. The molecule has 0 radical (unpaired) electrons. The second-order valence-electron chi connectivity index (χ2n) is 7.20. The third kappa shape index (κ3) is 3.78. The van der Waals surface area contributed by atoms with Gasteiger partial charge in [-0.25, -0.2) is 4.98 Å². The standard InChI is InChI=1S/C21H24N4O3/c26-17-8-6-16(7-9-17)23-12-14-25(15-13-23)21(28)19-5-3-4-18(22-19)20(27)24-10-1-2-11-24/h3-9,26H,1-2,10-15H2. The molecule has 0 unspecified atom stereocenters. The van der Waals surface area contributed by atoms with Crippen LogP contribution in [0.5, 0.6) is 5.75 Å². The molecule has 7 heteroatoms. The molecule has 146 valence electrons. The van der Waals surface area contributed by atoms with Crippen LogP contribution in [0.1, 0.15) is 33.8 Å². The number of anilines is 1. The van der Waals surface area contributed by atoms with E-state index in [4.69, 9.17) is 0 Å². The number of phenols is 1. The first-order valence-electron chi connectivity index (χ1n) is 9.71. The third-order valence-corrected chi connectivity index (χ3v) is 5.36. The number of aromatic nitrogens is 1. The van der Waals surface area contributed by atoms with Crippen molar-refractivity contribution in [2.75, 3.05) is 44.2 Å². The van der Waals surface area contributed by atoms with Gasteiger partial charge in [-0.1, -0.05) is 6.07 Å². The van der Waals surface area contributed by atoms with E-state index in [0.29, 0.717) is 37.6 Å². The molecular weight excluding hydrogens is 356 g/mol. The molecule has 0 saturated carbocycles. The number of hydrogen-bond acceptors (Lipinski definition) is 5. The van der Waals surface area contributed by atoms with Gasteiger partial charge >= 0.3 is 0 Å². The second-order valence-corrected chi connectivity index (χ2v) is 7.20. The van der Waals surface area contributed by atoms with Gasteiger partial charge in [-0.05, 0) is 49.2 Å². The summed E-state index contributed by atoms with van der Waals surface area (Å²) in [6, 6.07) is 12.2. The van der Waals surface area contributed by atoms with E-state index in [-0.39, 0.29) is 17.6 Å². The molecule has 0 spiro atoms. The molecule has 28 heavy (non-hydrogen) atoms. The fraction of sp³-hybridized carbons (Fsp3) is 0.381. The smallest absolute Gasteiger partial charge is 0.272 e. The van der Waals surface area contributed by atoms with Gasteiger partial charge in [-0.2, -0.15) is 0 Å². The Hall–Kier alpha value is -3.09. The Morgan fingerprint density at radius 3 is 1.86 bits per heavy atom. The zero-order chi connectivity index (χ0) is 19.5. The summed E-state index contributed by atoms with van der Waals surface area (Å²) in [4.78, 5) is 35.5. The Bertz CT molecular complexity index is 854. The Morgan fingerprint density at radius 1 is 0.750 bits per heavy atom. The summed E-state index contributed by atoms with van der Waals surface area (Å²) < 4.78 is 0. The van der Waals surface area contributed by atoms with Crippen molar-refractivity contribution in [3.05, 3.63) is 53.9 Å². The molecule has 1 aromatic carbocycles. The van der Waals surface area contributed by atoms with Crippen LogP contribution in [0.15, 0.2) is 42.5 Å². The highest BCUT2D eigenvalue weighted by molar-refractivity contribution is 5.96. The monoisotopic (exact) mass is 380 g/mol. The first kappa shape index (κ1) is 18.3. The van der Waals surface area contributed by atoms with E-state index in [0.717, 1.165) is 31.6 Å². The maximum absolute atomic E-state index is 12.9. The van der Waals surface area contributed by atoms with Gasteiger partial charge in [-0.15, -0.1) is 0 Å². The van der Waals surface area contributed by atoms with E-state index in [1.165, 1.54) is 0 Å². The van der Waals surface area contributed by atoms with Crippen LogP contribution in [0.3, 0.4) is 0 Å². The molecule has 7 nitrogen and oxygen atoms in total. The molecule has 3 heterocycles. The predicted octanol–water partition coefficient (Wildman–Crippen LogP) is 1.99. The minimum atomic E-state index is -0.138. The molecular formula is C21H24N4O3. The number of pyridine rings is 1. The van der Waals surface area contributed by atoms with Gasteiger partial charge < -0.3 is 19.8 Å². The Kier molecular flexibility index (Phi) is 5.14. The number of carbonyl (C=O) groups is 2. The maximum atomic E-state index is 12.9. The topological polar surface area (TPSA) is 77.0 Å². The summed E-state index contributed by atoms with van der Waals surface area (Å²) in [5.41, 5.74) is 1.69. The SMILES string of the molecule is O=C(c1cccc(C(=O)N2CCN(c3ccc(O)cc3)CC2)n1)N1CCCC1. The second kappa shape index (κ2) is 7.88. The third-order valence-electron chi connectivity index (χ3n) is 5.36. The normalized spacial score (nSPS) is 17.1. The minimum absolute atomic E-state index is 0.0932. The number of piperazine rings is 1. The maximum Gasteiger partial charge on any atom is 0.272 e. The van der Waals surface area contributed by atoms with Gasteiger partial charge in [0.1, 0.15) is 17.1 Å². The molecule has 2 aliphatic heterocycles. The van der Waals surface area contributed by atoms with Crippen molar-refractivity contribution in [2.24, 2.45) is 0 Å². The number of phenolic OH excluding ortho intramolecular Hbond substituents is 1. The van der Waals surface area contributed by atoms with E-state index in [2.05, 4.69) is 9.88 Å². The summed E-state index contributed by atoms with van der Waals surface area (Å²) in [5, 5.41) is 9.42. The van der Waals surface area contributed by atoms with Crippen LogP contribution < -0.4 is 4.90 Å². The van der Waals surface area contributed by atoms with Crippen LogP contribution in [0, 0.1) is 0 Å². The number of likely N-dealkylation sites (tertiary alicyclic amines) is 1. The average molecular weight is 380 g/mol. The fourth-order valence-electron chi connectivity index (χ4n) is 3.75. The van der Waals surface area contributed by atoms with Crippen molar-refractivity contribution in [3.8, 4) is 5.75 Å². The average Bonchev–Trinajstić information content (AvgIpc) is 3.28. The number of hydrogen-bond donors (Lipinski definition) is 1. The van der Waals surface area contributed by atoms with Gasteiger partial charge in [0, 0.05) is 45.0 Å². The molecule has 4 rings (SSSR count). The van der Waals surface area contributed by atoms with E-state index < -0.39 is 0 Å². The lowest BCUT2D eigenvalue weighted by Crippen LogP contribution is -2.49. The van der Waals surface area contributed by atoms with Crippen LogP contribution in [-0.4, -0.2) is 71.0 Å². The van der Waals surface area contributed by atoms with Crippen LogP contribution in [0.25, 0.3) is 0 Å². The van der Waals surface area contributed by atoms with Crippen molar-refractivity contribution >= 4 is 17.5 Å². The lowest BCUT2D eigenvalue weighted by atomic mass is 10.2.